The van der Waals surface area contributed by atoms with Gasteiger partial charge in [0.1, 0.15) is 5.82 Å². The summed E-state index contributed by atoms with van der Waals surface area (Å²) < 4.78 is 5.87. The minimum atomic E-state index is 0.191. The van der Waals surface area contributed by atoms with E-state index < -0.39 is 0 Å². The van der Waals surface area contributed by atoms with Crippen LogP contribution in [0.4, 0.5) is 5.82 Å². The summed E-state index contributed by atoms with van der Waals surface area (Å²) in [5.41, 5.74) is 2.37. The molecule has 4 nitrogen and oxygen atoms in total. The number of ether oxygens (including phenoxy) is 1. The molecule has 0 unspecified atom stereocenters. The van der Waals surface area contributed by atoms with Gasteiger partial charge in [-0.25, -0.2) is 4.98 Å². The maximum atomic E-state index is 5.87. The predicted molar refractivity (Wildman–Crippen MR) is 85.4 cm³/mol. The lowest BCUT2D eigenvalue weighted by atomic mass is 10.1. The van der Waals surface area contributed by atoms with E-state index in [9.17, 15) is 0 Å². The van der Waals surface area contributed by atoms with Gasteiger partial charge in [0, 0.05) is 25.8 Å². The van der Waals surface area contributed by atoms with Crippen molar-refractivity contribution in [3.8, 4) is 11.1 Å². The molecule has 3 rings (SSSR count). The Kier molecular flexibility index (Phi) is 4.48. The fourth-order valence-corrected chi connectivity index (χ4v) is 2.55. The normalized spacial score (nSPS) is 22.0. The summed E-state index contributed by atoms with van der Waals surface area (Å²) in [5, 5.41) is 6.74. The fourth-order valence-electron chi connectivity index (χ4n) is 2.55. The molecule has 2 atom stereocenters. The van der Waals surface area contributed by atoms with Crippen molar-refractivity contribution in [2.45, 2.75) is 19.1 Å². The Morgan fingerprint density at radius 3 is 2.86 bits per heavy atom. The number of aromatic nitrogens is 1. The highest BCUT2D eigenvalue weighted by molar-refractivity contribution is 5.66. The Hall–Kier alpha value is -1.91. The second kappa shape index (κ2) is 6.70. The number of morpholine rings is 1. The number of nitrogens with zero attached hydrogens (tertiary/aromatic N) is 1. The summed E-state index contributed by atoms with van der Waals surface area (Å²) in [6.07, 6.45) is 2.30. The van der Waals surface area contributed by atoms with Crippen LogP contribution >= 0.6 is 0 Å². The molecule has 1 aromatic heterocycles. The fraction of sp³-hybridized carbons (Fsp3) is 0.353. The molecule has 0 saturated carbocycles. The molecule has 0 radical (unpaired) electrons. The zero-order valence-corrected chi connectivity index (χ0v) is 12.3. The molecular weight excluding hydrogens is 262 g/mol. The van der Waals surface area contributed by atoms with Crippen molar-refractivity contribution in [1.29, 1.82) is 0 Å². The summed E-state index contributed by atoms with van der Waals surface area (Å²) in [7, 11) is 0. The van der Waals surface area contributed by atoms with Crippen LogP contribution in [0, 0.1) is 0 Å². The van der Waals surface area contributed by atoms with Gasteiger partial charge in [-0.2, -0.15) is 0 Å². The highest BCUT2D eigenvalue weighted by atomic mass is 16.5. The van der Waals surface area contributed by atoms with E-state index in [4.69, 9.17) is 4.74 Å². The molecule has 1 saturated heterocycles. The van der Waals surface area contributed by atoms with Crippen molar-refractivity contribution < 1.29 is 4.74 Å². The van der Waals surface area contributed by atoms with Crippen LogP contribution in [0.5, 0.6) is 0 Å². The molecule has 2 N–H and O–H groups in total. The molecule has 1 aromatic carbocycles. The highest BCUT2D eigenvalue weighted by Crippen LogP contribution is 2.20. The van der Waals surface area contributed by atoms with E-state index in [1.807, 2.05) is 30.5 Å². The van der Waals surface area contributed by atoms with Gasteiger partial charge in [-0.1, -0.05) is 30.3 Å². The number of rotatable bonds is 4. The molecule has 110 valence electrons. The quantitative estimate of drug-likeness (QED) is 0.905. The smallest absolute Gasteiger partial charge is 0.126 e. The lowest BCUT2D eigenvalue weighted by Gasteiger charge is -2.29. The molecule has 21 heavy (non-hydrogen) atoms. The minimum absolute atomic E-state index is 0.191. The van der Waals surface area contributed by atoms with Crippen LogP contribution in [0.15, 0.2) is 48.7 Å². The van der Waals surface area contributed by atoms with Crippen LogP contribution in [0.2, 0.25) is 0 Å². The molecule has 2 heterocycles. The maximum absolute atomic E-state index is 5.87. The Balaban J connectivity index is 1.64. The number of anilines is 1. The number of pyridine rings is 1. The zero-order chi connectivity index (χ0) is 14.5. The van der Waals surface area contributed by atoms with Gasteiger partial charge in [0.2, 0.25) is 0 Å². The van der Waals surface area contributed by atoms with Gasteiger partial charge in [-0.05, 0) is 30.2 Å². The minimum Gasteiger partial charge on any atom is -0.371 e. The van der Waals surface area contributed by atoms with Gasteiger partial charge in [0.05, 0.1) is 12.2 Å². The zero-order valence-electron chi connectivity index (χ0n) is 12.3. The first-order valence-electron chi connectivity index (χ1n) is 7.43. The highest BCUT2D eigenvalue weighted by Gasteiger charge is 2.18. The monoisotopic (exact) mass is 283 g/mol. The van der Waals surface area contributed by atoms with Gasteiger partial charge >= 0.3 is 0 Å². The van der Waals surface area contributed by atoms with Gasteiger partial charge in [-0.15, -0.1) is 0 Å². The molecule has 1 aliphatic rings. The third kappa shape index (κ3) is 3.80. The summed E-state index contributed by atoms with van der Waals surface area (Å²) in [4.78, 5) is 4.38. The van der Waals surface area contributed by atoms with Crippen LogP contribution in [0.1, 0.15) is 6.92 Å². The molecule has 2 aromatic rings. The number of hydrogen-bond acceptors (Lipinski definition) is 4. The Morgan fingerprint density at radius 1 is 1.19 bits per heavy atom. The molecule has 1 fully saturated rings. The number of hydrogen-bond donors (Lipinski definition) is 2. The lowest BCUT2D eigenvalue weighted by molar-refractivity contribution is -0.0196. The van der Waals surface area contributed by atoms with Crippen molar-refractivity contribution >= 4 is 5.82 Å². The summed E-state index contributed by atoms with van der Waals surface area (Å²) in [5.74, 6) is 0.887. The van der Waals surface area contributed by atoms with Gasteiger partial charge in [-0.3, -0.25) is 0 Å². The molecule has 0 spiro atoms. The van der Waals surface area contributed by atoms with E-state index in [0.717, 1.165) is 25.5 Å². The summed E-state index contributed by atoms with van der Waals surface area (Å²) >= 11 is 0. The van der Waals surface area contributed by atoms with Crippen LogP contribution in [-0.2, 0) is 4.74 Å². The molecule has 0 bridgehead atoms. The standard InChI is InChI=1S/C17H21N3O/c1-13-10-18-11-16(21-13)12-20-17-9-15(7-8-19-17)14-5-3-2-4-6-14/h2-9,13,16,18H,10-12H2,1H3,(H,19,20)/t13-,16+/m1/s1. The summed E-state index contributed by atoms with van der Waals surface area (Å²) in [6.45, 7) is 4.67. The van der Waals surface area contributed by atoms with Crippen molar-refractivity contribution in [1.82, 2.24) is 10.3 Å². The first kappa shape index (κ1) is 14.0. The van der Waals surface area contributed by atoms with E-state index in [2.05, 4.69) is 40.7 Å². The Bertz CT molecular complexity index is 573. The maximum Gasteiger partial charge on any atom is 0.126 e. The van der Waals surface area contributed by atoms with Crippen molar-refractivity contribution in [3.05, 3.63) is 48.7 Å². The topological polar surface area (TPSA) is 46.2 Å². The molecule has 0 aliphatic carbocycles. The van der Waals surface area contributed by atoms with Gasteiger partial charge in [0.25, 0.3) is 0 Å². The van der Waals surface area contributed by atoms with Gasteiger partial charge < -0.3 is 15.4 Å². The Morgan fingerprint density at radius 2 is 2.05 bits per heavy atom. The molecule has 0 amide bonds. The molecule has 1 aliphatic heterocycles. The van der Waals surface area contributed by atoms with Gasteiger partial charge in [0.15, 0.2) is 0 Å². The first-order valence-corrected chi connectivity index (χ1v) is 7.43. The van der Waals surface area contributed by atoms with Crippen molar-refractivity contribution in [2.75, 3.05) is 25.0 Å². The second-order valence-corrected chi connectivity index (χ2v) is 5.40. The van der Waals surface area contributed by atoms with E-state index in [1.54, 1.807) is 0 Å². The van der Waals surface area contributed by atoms with Crippen molar-refractivity contribution in [2.24, 2.45) is 0 Å². The van der Waals surface area contributed by atoms with E-state index in [0.29, 0.717) is 0 Å². The lowest BCUT2D eigenvalue weighted by Crippen LogP contribution is -2.46. The Labute approximate surface area is 125 Å². The number of benzene rings is 1. The average Bonchev–Trinajstić information content (AvgIpc) is 2.54. The van der Waals surface area contributed by atoms with Crippen LogP contribution in [-0.4, -0.2) is 36.8 Å². The second-order valence-electron chi connectivity index (χ2n) is 5.40. The number of nitrogens with one attached hydrogen (secondary N) is 2. The SMILES string of the molecule is C[C@@H]1CNC[C@@H](CNc2cc(-c3ccccc3)ccn2)O1. The van der Waals surface area contributed by atoms with Crippen LogP contribution in [0.3, 0.4) is 0 Å². The van der Waals surface area contributed by atoms with Crippen LogP contribution in [0.25, 0.3) is 11.1 Å². The third-order valence-corrected chi connectivity index (χ3v) is 3.61. The molecule has 4 heteroatoms. The van der Waals surface area contributed by atoms with Crippen molar-refractivity contribution in [3.63, 3.8) is 0 Å². The van der Waals surface area contributed by atoms with E-state index in [-0.39, 0.29) is 12.2 Å². The van der Waals surface area contributed by atoms with Crippen LogP contribution < -0.4 is 10.6 Å². The van der Waals surface area contributed by atoms with E-state index in [1.165, 1.54) is 11.1 Å². The van der Waals surface area contributed by atoms with E-state index >= 15 is 0 Å². The summed E-state index contributed by atoms with van der Waals surface area (Å²) in [6, 6.07) is 14.4. The average molecular weight is 283 g/mol. The third-order valence-electron chi connectivity index (χ3n) is 3.61. The predicted octanol–water partition coefficient (Wildman–Crippen LogP) is 2.54. The first-order chi connectivity index (χ1) is 10.3. The molecular formula is C17H21N3O. The largest absolute Gasteiger partial charge is 0.371 e.